The SMILES string of the molecule is CCCC1(C)C(=O)Nc2ccc(C)cc21. The number of carbonyl (C=O) groups excluding carboxylic acids is 1. The molecule has 0 saturated carbocycles. The Bertz CT molecular complexity index is 411. The van der Waals surface area contributed by atoms with Crippen LogP contribution in [0.3, 0.4) is 0 Å². The van der Waals surface area contributed by atoms with Gasteiger partial charge in [0.2, 0.25) is 5.91 Å². The van der Waals surface area contributed by atoms with Gasteiger partial charge in [-0.25, -0.2) is 0 Å². The zero-order valence-corrected chi connectivity index (χ0v) is 9.55. The topological polar surface area (TPSA) is 29.1 Å². The van der Waals surface area contributed by atoms with Gasteiger partial charge in [-0.3, -0.25) is 4.79 Å². The summed E-state index contributed by atoms with van der Waals surface area (Å²) in [5.41, 5.74) is 3.04. The molecular weight excluding hydrogens is 186 g/mol. The third kappa shape index (κ3) is 1.44. The summed E-state index contributed by atoms with van der Waals surface area (Å²) in [6, 6.07) is 6.17. The highest BCUT2D eigenvalue weighted by Gasteiger charge is 2.41. The average molecular weight is 203 g/mol. The molecule has 1 unspecified atom stereocenters. The highest BCUT2D eigenvalue weighted by molar-refractivity contribution is 6.05. The fraction of sp³-hybridized carbons (Fsp3) is 0.462. The van der Waals surface area contributed by atoms with Gasteiger partial charge < -0.3 is 5.32 Å². The first-order chi connectivity index (χ1) is 7.08. The average Bonchev–Trinajstić information content (AvgIpc) is 2.42. The van der Waals surface area contributed by atoms with E-state index >= 15 is 0 Å². The third-order valence-electron chi connectivity index (χ3n) is 3.27. The number of rotatable bonds is 2. The van der Waals surface area contributed by atoms with E-state index in [9.17, 15) is 4.79 Å². The number of anilines is 1. The van der Waals surface area contributed by atoms with Crippen molar-refractivity contribution in [2.75, 3.05) is 5.32 Å². The molecule has 1 amide bonds. The molecule has 1 aliphatic heterocycles. The van der Waals surface area contributed by atoms with Gasteiger partial charge in [-0.2, -0.15) is 0 Å². The summed E-state index contributed by atoms with van der Waals surface area (Å²) in [6.07, 6.45) is 1.94. The van der Waals surface area contributed by atoms with Crippen molar-refractivity contribution in [3.63, 3.8) is 0 Å². The number of hydrogen-bond donors (Lipinski definition) is 1. The molecule has 0 fully saturated rings. The Morgan fingerprint density at radius 3 is 2.80 bits per heavy atom. The highest BCUT2D eigenvalue weighted by atomic mass is 16.2. The van der Waals surface area contributed by atoms with Crippen molar-refractivity contribution in [1.29, 1.82) is 0 Å². The maximum Gasteiger partial charge on any atom is 0.234 e. The van der Waals surface area contributed by atoms with Crippen LogP contribution in [0.4, 0.5) is 5.69 Å². The van der Waals surface area contributed by atoms with Gasteiger partial charge in [0.25, 0.3) is 0 Å². The maximum atomic E-state index is 11.9. The second kappa shape index (κ2) is 3.37. The zero-order valence-electron chi connectivity index (χ0n) is 9.55. The largest absolute Gasteiger partial charge is 0.325 e. The molecule has 0 spiro atoms. The van der Waals surface area contributed by atoms with Gasteiger partial charge in [-0.05, 0) is 31.9 Å². The molecule has 1 heterocycles. The molecular formula is C13H17NO. The van der Waals surface area contributed by atoms with Crippen LogP contribution in [0.2, 0.25) is 0 Å². The monoisotopic (exact) mass is 203 g/mol. The molecule has 2 rings (SSSR count). The fourth-order valence-corrected chi connectivity index (χ4v) is 2.35. The number of benzene rings is 1. The van der Waals surface area contributed by atoms with Crippen molar-refractivity contribution in [3.05, 3.63) is 29.3 Å². The Morgan fingerprint density at radius 2 is 2.13 bits per heavy atom. The summed E-state index contributed by atoms with van der Waals surface area (Å²) in [7, 11) is 0. The Balaban J connectivity index is 2.52. The summed E-state index contributed by atoms with van der Waals surface area (Å²) in [5, 5.41) is 2.96. The summed E-state index contributed by atoms with van der Waals surface area (Å²) >= 11 is 0. The Morgan fingerprint density at radius 1 is 1.40 bits per heavy atom. The fourth-order valence-electron chi connectivity index (χ4n) is 2.35. The Kier molecular flexibility index (Phi) is 2.29. The van der Waals surface area contributed by atoms with E-state index in [0.717, 1.165) is 24.1 Å². The predicted molar refractivity (Wildman–Crippen MR) is 62.1 cm³/mol. The minimum absolute atomic E-state index is 0.143. The molecule has 2 nitrogen and oxygen atoms in total. The number of aryl methyl sites for hydroxylation is 1. The molecule has 0 bridgehead atoms. The van der Waals surface area contributed by atoms with E-state index < -0.39 is 0 Å². The van der Waals surface area contributed by atoms with Crippen LogP contribution in [-0.2, 0) is 10.2 Å². The maximum absolute atomic E-state index is 11.9. The number of hydrogen-bond acceptors (Lipinski definition) is 1. The molecule has 15 heavy (non-hydrogen) atoms. The van der Waals surface area contributed by atoms with Gasteiger partial charge in [0.1, 0.15) is 0 Å². The molecule has 1 aromatic rings. The molecule has 0 saturated heterocycles. The third-order valence-corrected chi connectivity index (χ3v) is 3.27. The van der Waals surface area contributed by atoms with Gasteiger partial charge in [0, 0.05) is 5.69 Å². The van der Waals surface area contributed by atoms with Crippen LogP contribution in [0.5, 0.6) is 0 Å². The number of amides is 1. The van der Waals surface area contributed by atoms with E-state index in [4.69, 9.17) is 0 Å². The van der Waals surface area contributed by atoms with E-state index in [0.29, 0.717) is 0 Å². The summed E-state index contributed by atoms with van der Waals surface area (Å²) in [6.45, 7) is 6.22. The van der Waals surface area contributed by atoms with E-state index in [1.54, 1.807) is 0 Å². The number of nitrogens with one attached hydrogen (secondary N) is 1. The lowest BCUT2D eigenvalue weighted by Gasteiger charge is -2.21. The van der Waals surface area contributed by atoms with E-state index in [1.165, 1.54) is 5.56 Å². The smallest absolute Gasteiger partial charge is 0.234 e. The summed E-state index contributed by atoms with van der Waals surface area (Å²) in [4.78, 5) is 11.9. The molecule has 1 N–H and O–H groups in total. The normalized spacial score (nSPS) is 23.8. The van der Waals surface area contributed by atoms with Crippen LogP contribution in [0, 0.1) is 6.92 Å². The zero-order chi connectivity index (χ0) is 11.1. The van der Waals surface area contributed by atoms with Gasteiger partial charge >= 0.3 is 0 Å². The molecule has 0 radical (unpaired) electrons. The van der Waals surface area contributed by atoms with Gasteiger partial charge in [0.15, 0.2) is 0 Å². The van der Waals surface area contributed by atoms with Gasteiger partial charge in [-0.1, -0.05) is 31.0 Å². The second-order valence-corrected chi connectivity index (χ2v) is 4.59. The molecule has 0 aromatic heterocycles. The molecule has 1 aliphatic rings. The number of carbonyl (C=O) groups is 1. The van der Waals surface area contributed by atoms with Crippen LogP contribution < -0.4 is 5.32 Å². The number of fused-ring (bicyclic) bond motifs is 1. The van der Waals surface area contributed by atoms with E-state index in [1.807, 2.05) is 19.1 Å². The minimum Gasteiger partial charge on any atom is -0.325 e. The summed E-state index contributed by atoms with van der Waals surface area (Å²) in [5.74, 6) is 0.143. The van der Waals surface area contributed by atoms with Crippen molar-refractivity contribution in [2.45, 2.75) is 39.0 Å². The van der Waals surface area contributed by atoms with Crippen LogP contribution in [0.15, 0.2) is 18.2 Å². The molecule has 80 valence electrons. The van der Waals surface area contributed by atoms with Crippen molar-refractivity contribution < 1.29 is 4.79 Å². The Hall–Kier alpha value is -1.31. The van der Waals surface area contributed by atoms with Gasteiger partial charge in [-0.15, -0.1) is 0 Å². The van der Waals surface area contributed by atoms with E-state index in [-0.39, 0.29) is 11.3 Å². The van der Waals surface area contributed by atoms with Gasteiger partial charge in [0.05, 0.1) is 5.41 Å². The summed E-state index contributed by atoms with van der Waals surface area (Å²) < 4.78 is 0. The van der Waals surface area contributed by atoms with Crippen molar-refractivity contribution in [1.82, 2.24) is 0 Å². The lowest BCUT2D eigenvalue weighted by molar-refractivity contribution is -0.120. The molecule has 1 aromatic carbocycles. The van der Waals surface area contributed by atoms with Crippen molar-refractivity contribution in [2.24, 2.45) is 0 Å². The first-order valence-electron chi connectivity index (χ1n) is 5.50. The van der Waals surface area contributed by atoms with Crippen LogP contribution in [-0.4, -0.2) is 5.91 Å². The van der Waals surface area contributed by atoms with Crippen LogP contribution >= 0.6 is 0 Å². The minimum atomic E-state index is -0.323. The van der Waals surface area contributed by atoms with Crippen molar-refractivity contribution >= 4 is 11.6 Å². The predicted octanol–water partition coefficient (Wildman–Crippen LogP) is 3.00. The lowest BCUT2D eigenvalue weighted by atomic mass is 9.79. The quantitative estimate of drug-likeness (QED) is 0.786. The lowest BCUT2D eigenvalue weighted by Crippen LogP contribution is -2.30. The van der Waals surface area contributed by atoms with E-state index in [2.05, 4.69) is 25.2 Å². The van der Waals surface area contributed by atoms with Crippen LogP contribution in [0.25, 0.3) is 0 Å². The first kappa shape index (κ1) is 10.2. The molecule has 2 heteroatoms. The second-order valence-electron chi connectivity index (χ2n) is 4.59. The molecule has 0 aliphatic carbocycles. The Labute approximate surface area is 90.7 Å². The highest BCUT2D eigenvalue weighted by Crippen LogP contribution is 2.41. The standard InChI is InChI=1S/C13H17NO/c1-4-7-13(3)10-8-9(2)5-6-11(10)14-12(13)15/h5-6,8H,4,7H2,1-3H3,(H,14,15). The van der Waals surface area contributed by atoms with Crippen LogP contribution in [0.1, 0.15) is 37.8 Å². The van der Waals surface area contributed by atoms with Crippen molar-refractivity contribution in [3.8, 4) is 0 Å². The first-order valence-corrected chi connectivity index (χ1v) is 5.50. The molecule has 1 atom stereocenters.